The van der Waals surface area contributed by atoms with Crippen LogP contribution in [-0.4, -0.2) is 56.0 Å². The van der Waals surface area contributed by atoms with Gasteiger partial charge in [0.2, 0.25) is 0 Å². The number of fused-ring (bicyclic) bond motifs is 5. The molecule has 236 valence electrons. The Morgan fingerprint density at radius 2 is 1.66 bits per heavy atom. The van der Waals surface area contributed by atoms with Gasteiger partial charge in [-0.15, -0.1) is 0 Å². The SMILES string of the molecule is COCOC1(O)CC(OC(C)(C)C(C)C)CC2C=C[C@H]3[C@@H]4CC[C@H](C(C)C5OCC(C)(C)CO5)[C@@]4(C)CC[C@@H]3[C@]21C. The van der Waals surface area contributed by atoms with Gasteiger partial charge in [-0.25, -0.2) is 0 Å². The highest BCUT2D eigenvalue weighted by Crippen LogP contribution is 2.69. The van der Waals surface area contributed by atoms with Crippen molar-refractivity contribution in [2.45, 2.75) is 125 Å². The van der Waals surface area contributed by atoms with E-state index in [1.807, 2.05) is 0 Å². The maximum absolute atomic E-state index is 12.5. The van der Waals surface area contributed by atoms with Crippen LogP contribution < -0.4 is 0 Å². The van der Waals surface area contributed by atoms with Crippen molar-refractivity contribution < 1.29 is 28.8 Å². The molecule has 4 fully saturated rings. The number of methoxy groups -OCH3 is 1. The van der Waals surface area contributed by atoms with Gasteiger partial charge in [0.15, 0.2) is 12.1 Å². The van der Waals surface area contributed by atoms with Crippen LogP contribution in [0.1, 0.15) is 101 Å². The Labute approximate surface area is 250 Å². The van der Waals surface area contributed by atoms with Gasteiger partial charge in [-0.3, -0.25) is 0 Å². The molecule has 1 heterocycles. The molecule has 0 radical (unpaired) electrons. The van der Waals surface area contributed by atoms with Crippen molar-refractivity contribution in [3.05, 3.63) is 12.2 Å². The molecular weight excluding hydrogens is 516 g/mol. The third kappa shape index (κ3) is 5.39. The standard InChI is InChI=1S/C35H60O6/c1-22(2)32(6,7)41-25-17-24-11-12-26-28-14-13-27(23(3)30-38-19-31(4,5)20-39-30)33(28,8)16-15-29(26)34(24,9)35(36,18-25)40-21-37-10/h11-12,22-30,36H,13-21H2,1-10H3/t23?,24?,25?,26-,27+,28-,29-,33+,34-,35?/m0/s1. The topological polar surface area (TPSA) is 66.4 Å². The van der Waals surface area contributed by atoms with Crippen LogP contribution in [0.2, 0.25) is 0 Å². The van der Waals surface area contributed by atoms with E-state index in [2.05, 4.69) is 74.5 Å². The van der Waals surface area contributed by atoms with E-state index >= 15 is 0 Å². The Bertz CT molecular complexity index is 950. The van der Waals surface area contributed by atoms with Crippen molar-refractivity contribution in [1.82, 2.24) is 0 Å². The fourth-order valence-electron chi connectivity index (χ4n) is 9.83. The zero-order valence-electron chi connectivity index (χ0n) is 27.7. The van der Waals surface area contributed by atoms with E-state index in [1.54, 1.807) is 7.11 Å². The number of hydrogen-bond donors (Lipinski definition) is 1. The van der Waals surface area contributed by atoms with Crippen LogP contribution in [0.4, 0.5) is 0 Å². The van der Waals surface area contributed by atoms with Crippen molar-refractivity contribution in [2.75, 3.05) is 27.1 Å². The summed E-state index contributed by atoms with van der Waals surface area (Å²) in [7, 11) is 1.64. The highest BCUT2D eigenvalue weighted by atomic mass is 16.7. The van der Waals surface area contributed by atoms with E-state index in [4.69, 9.17) is 23.7 Å². The van der Waals surface area contributed by atoms with Crippen molar-refractivity contribution in [3.63, 3.8) is 0 Å². The first kappa shape index (κ1) is 31.9. The third-order valence-electron chi connectivity index (χ3n) is 13.0. The summed E-state index contributed by atoms with van der Waals surface area (Å²) in [5.41, 5.74) is -0.351. The van der Waals surface area contributed by atoms with E-state index in [1.165, 1.54) is 19.3 Å². The molecule has 41 heavy (non-hydrogen) atoms. The molecule has 5 rings (SSSR count). The van der Waals surface area contributed by atoms with Gasteiger partial charge < -0.3 is 28.8 Å². The van der Waals surface area contributed by atoms with Crippen molar-refractivity contribution >= 4 is 0 Å². The number of ether oxygens (including phenoxy) is 5. The molecular formula is C35H60O6. The van der Waals surface area contributed by atoms with Crippen LogP contribution in [0.3, 0.4) is 0 Å². The lowest BCUT2D eigenvalue weighted by Crippen LogP contribution is -2.66. The molecule has 1 saturated heterocycles. The minimum absolute atomic E-state index is 0.0698. The Morgan fingerprint density at radius 3 is 2.29 bits per heavy atom. The number of allylic oxidation sites excluding steroid dienone is 2. The maximum Gasteiger partial charge on any atom is 0.177 e. The smallest absolute Gasteiger partial charge is 0.177 e. The van der Waals surface area contributed by atoms with Crippen LogP contribution in [0.5, 0.6) is 0 Å². The lowest BCUT2D eigenvalue weighted by Gasteiger charge is -2.63. The summed E-state index contributed by atoms with van der Waals surface area (Å²) in [5, 5.41) is 12.5. The van der Waals surface area contributed by atoms with E-state index in [9.17, 15) is 5.11 Å². The van der Waals surface area contributed by atoms with Gasteiger partial charge in [-0.1, -0.05) is 60.6 Å². The van der Waals surface area contributed by atoms with Gasteiger partial charge in [0.25, 0.3) is 0 Å². The molecule has 4 aliphatic carbocycles. The normalized spacial score (nSPS) is 45.3. The second-order valence-corrected chi connectivity index (χ2v) is 16.6. The molecule has 0 amide bonds. The molecule has 0 aromatic rings. The zero-order valence-corrected chi connectivity index (χ0v) is 27.7. The average Bonchev–Trinajstić information content (AvgIpc) is 3.25. The second-order valence-electron chi connectivity index (χ2n) is 16.6. The molecule has 0 aromatic heterocycles. The number of hydrogen-bond acceptors (Lipinski definition) is 6. The molecule has 10 atom stereocenters. The molecule has 5 aliphatic rings. The molecule has 0 aromatic carbocycles. The molecule has 4 unspecified atom stereocenters. The summed E-state index contributed by atoms with van der Waals surface area (Å²) in [6.07, 6.45) is 10.9. The van der Waals surface area contributed by atoms with Gasteiger partial charge in [-0.2, -0.15) is 0 Å². The molecule has 1 aliphatic heterocycles. The van der Waals surface area contributed by atoms with Crippen LogP contribution in [0.15, 0.2) is 12.2 Å². The average molecular weight is 577 g/mol. The highest BCUT2D eigenvalue weighted by molar-refractivity contribution is 5.22. The Hall–Kier alpha value is -0.500. The van der Waals surface area contributed by atoms with Gasteiger partial charge in [0, 0.05) is 30.3 Å². The van der Waals surface area contributed by atoms with E-state index in [-0.39, 0.29) is 41.5 Å². The first-order chi connectivity index (χ1) is 19.1. The first-order valence-electron chi connectivity index (χ1n) is 16.5. The lowest BCUT2D eigenvalue weighted by atomic mass is 9.44. The lowest BCUT2D eigenvalue weighted by molar-refractivity contribution is -0.355. The van der Waals surface area contributed by atoms with Gasteiger partial charge >= 0.3 is 0 Å². The molecule has 0 spiro atoms. The Balaban J connectivity index is 1.40. The quantitative estimate of drug-likeness (QED) is 0.244. The molecule has 1 N–H and O–H groups in total. The molecule has 6 nitrogen and oxygen atoms in total. The van der Waals surface area contributed by atoms with Crippen LogP contribution in [0.25, 0.3) is 0 Å². The van der Waals surface area contributed by atoms with Crippen LogP contribution in [-0.2, 0) is 23.7 Å². The number of aliphatic hydroxyl groups is 1. The predicted molar refractivity (Wildman–Crippen MR) is 161 cm³/mol. The summed E-state index contributed by atoms with van der Waals surface area (Å²) in [6.45, 7) is 22.0. The summed E-state index contributed by atoms with van der Waals surface area (Å²) in [4.78, 5) is 0. The first-order valence-corrected chi connectivity index (χ1v) is 16.5. The van der Waals surface area contributed by atoms with E-state index in [0.717, 1.165) is 26.1 Å². The fraction of sp³-hybridized carbons (Fsp3) is 0.943. The van der Waals surface area contributed by atoms with Crippen LogP contribution in [0, 0.1) is 57.7 Å². The summed E-state index contributed by atoms with van der Waals surface area (Å²) >= 11 is 0. The molecule has 3 saturated carbocycles. The highest BCUT2D eigenvalue weighted by Gasteiger charge is 2.67. The maximum atomic E-state index is 12.5. The minimum atomic E-state index is -1.31. The minimum Gasteiger partial charge on any atom is -0.372 e. The predicted octanol–water partition coefficient (Wildman–Crippen LogP) is 7.20. The van der Waals surface area contributed by atoms with Gasteiger partial charge in [0.1, 0.15) is 6.79 Å². The fourth-order valence-corrected chi connectivity index (χ4v) is 9.83. The van der Waals surface area contributed by atoms with Crippen molar-refractivity contribution in [2.24, 2.45) is 57.7 Å². The Kier molecular flexibility index (Phi) is 8.67. The summed E-state index contributed by atoms with van der Waals surface area (Å²) < 4.78 is 31.0. The molecule has 0 bridgehead atoms. The monoisotopic (exact) mass is 576 g/mol. The van der Waals surface area contributed by atoms with Crippen molar-refractivity contribution in [1.29, 1.82) is 0 Å². The third-order valence-corrected chi connectivity index (χ3v) is 13.0. The van der Waals surface area contributed by atoms with Crippen LogP contribution >= 0.6 is 0 Å². The molecule has 6 heteroatoms. The van der Waals surface area contributed by atoms with Crippen molar-refractivity contribution in [3.8, 4) is 0 Å². The summed E-state index contributed by atoms with van der Waals surface area (Å²) in [6, 6.07) is 0. The largest absolute Gasteiger partial charge is 0.372 e. The van der Waals surface area contributed by atoms with E-state index < -0.39 is 11.2 Å². The van der Waals surface area contributed by atoms with Gasteiger partial charge in [0.05, 0.1) is 24.9 Å². The summed E-state index contributed by atoms with van der Waals surface area (Å²) in [5.74, 6) is 1.57. The van der Waals surface area contributed by atoms with Gasteiger partial charge in [-0.05, 0) is 86.9 Å². The second kappa shape index (κ2) is 11.1. The number of rotatable bonds is 8. The zero-order chi connectivity index (χ0) is 30.0. The Morgan fingerprint density at radius 1 is 0.976 bits per heavy atom. The van der Waals surface area contributed by atoms with E-state index in [0.29, 0.717) is 41.9 Å².